The maximum atomic E-state index is 9.52. The van der Waals surface area contributed by atoms with Gasteiger partial charge in [-0.2, -0.15) is 0 Å². The van der Waals surface area contributed by atoms with Crippen LogP contribution in [0, 0.1) is 17.8 Å². The van der Waals surface area contributed by atoms with Gasteiger partial charge in [-0.3, -0.25) is 0 Å². The molecule has 0 aromatic heterocycles. The SMILES string of the molecule is CC(C)C1CCCC(NC2CCCCC2CO)CC1. The number of aliphatic hydroxyl groups is 1. The predicted molar refractivity (Wildman–Crippen MR) is 81.2 cm³/mol. The lowest BCUT2D eigenvalue weighted by Gasteiger charge is -2.34. The van der Waals surface area contributed by atoms with Crippen LogP contribution in [0.1, 0.15) is 71.6 Å². The minimum absolute atomic E-state index is 0.374. The quantitative estimate of drug-likeness (QED) is 0.761. The molecule has 19 heavy (non-hydrogen) atoms. The minimum Gasteiger partial charge on any atom is -0.396 e. The van der Waals surface area contributed by atoms with Gasteiger partial charge in [0, 0.05) is 18.7 Å². The van der Waals surface area contributed by atoms with Gasteiger partial charge in [0.1, 0.15) is 0 Å². The van der Waals surface area contributed by atoms with E-state index < -0.39 is 0 Å². The van der Waals surface area contributed by atoms with Crippen LogP contribution in [0.15, 0.2) is 0 Å². The van der Waals surface area contributed by atoms with E-state index in [1.165, 1.54) is 57.8 Å². The summed E-state index contributed by atoms with van der Waals surface area (Å²) in [4.78, 5) is 0. The topological polar surface area (TPSA) is 32.3 Å². The summed E-state index contributed by atoms with van der Waals surface area (Å²) in [6, 6.07) is 1.29. The summed E-state index contributed by atoms with van der Waals surface area (Å²) in [5, 5.41) is 13.4. The highest BCUT2D eigenvalue weighted by atomic mass is 16.3. The maximum Gasteiger partial charge on any atom is 0.0474 e. The first kappa shape index (κ1) is 15.3. The molecule has 0 aromatic rings. The van der Waals surface area contributed by atoms with Crippen LogP contribution >= 0.6 is 0 Å². The van der Waals surface area contributed by atoms with Crippen LogP contribution in [-0.4, -0.2) is 23.8 Å². The molecule has 2 heteroatoms. The van der Waals surface area contributed by atoms with E-state index in [1.54, 1.807) is 0 Å². The Morgan fingerprint density at radius 1 is 0.947 bits per heavy atom. The summed E-state index contributed by atoms with van der Waals surface area (Å²) < 4.78 is 0. The van der Waals surface area contributed by atoms with Crippen molar-refractivity contribution in [1.82, 2.24) is 5.32 Å². The Bertz CT molecular complexity index is 254. The minimum atomic E-state index is 0.374. The second-order valence-corrected chi connectivity index (χ2v) is 7.21. The van der Waals surface area contributed by atoms with Gasteiger partial charge in [-0.05, 0) is 49.9 Å². The van der Waals surface area contributed by atoms with Crippen molar-refractivity contribution < 1.29 is 5.11 Å². The van der Waals surface area contributed by atoms with Crippen molar-refractivity contribution in [2.45, 2.75) is 83.7 Å². The molecule has 0 heterocycles. The van der Waals surface area contributed by atoms with Gasteiger partial charge in [-0.25, -0.2) is 0 Å². The zero-order chi connectivity index (χ0) is 13.7. The molecule has 4 atom stereocenters. The highest BCUT2D eigenvalue weighted by molar-refractivity contribution is 4.85. The molecule has 0 saturated heterocycles. The maximum absolute atomic E-state index is 9.52. The second kappa shape index (κ2) is 7.64. The van der Waals surface area contributed by atoms with E-state index in [2.05, 4.69) is 19.2 Å². The van der Waals surface area contributed by atoms with Crippen LogP contribution in [0.4, 0.5) is 0 Å². The van der Waals surface area contributed by atoms with Crippen molar-refractivity contribution in [2.24, 2.45) is 17.8 Å². The van der Waals surface area contributed by atoms with Gasteiger partial charge in [0.2, 0.25) is 0 Å². The molecule has 2 aliphatic rings. The number of hydrogen-bond acceptors (Lipinski definition) is 2. The molecule has 2 rings (SSSR count). The lowest BCUT2D eigenvalue weighted by molar-refractivity contribution is 0.143. The average Bonchev–Trinajstić information content (AvgIpc) is 2.65. The highest BCUT2D eigenvalue weighted by Gasteiger charge is 2.28. The molecule has 2 fully saturated rings. The summed E-state index contributed by atoms with van der Waals surface area (Å²) >= 11 is 0. The average molecular weight is 267 g/mol. The van der Waals surface area contributed by atoms with Crippen LogP contribution in [-0.2, 0) is 0 Å². The number of nitrogens with one attached hydrogen (secondary N) is 1. The first-order valence-electron chi connectivity index (χ1n) is 8.57. The van der Waals surface area contributed by atoms with E-state index in [4.69, 9.17) is 0 Å². The monoisotopic (exact) mass is 267 g/mol. The van der Waals surface area contributed by atoms with Crippen LogP contribution in [0.3, 0.4) is 0 Å². The van der Waals surface area contributed by atoms with Crippen LogP contribution < -0.4 is 5.32 Å². The first-order valence-corrected chi connectivity index (χ1v) is 8.57. The standard InChI is InChI=1S/C17H33NO/c1-13(2)14-7-5-8-16(11-10-14)18-17-9-4-3-6-15(17)12-19/h13-19H,3-12H2,1-2H3. The number of aliphatic hydroxyl groups excluding tert-OH is 1. The summed E-state index contributed by atoms with van der Waals surface area (Å²) in [6.45, 7) is 5.13. The Morgan fingerprint density at radius 2 is 1.74 bits per heavy atom. The third kappa shape index (κ3) is 4.46. The lowest BCUT2D eigenvalue weighted by atomic mass is 9.84. The molecule has 2 saturated carbocycles. The molecule has 112 valence electrons. The largest absolute Gasteiger partial charge is 0.396 e. The van der Waals surface area contributed by atoms with Crippen molar-refractivity contribution >= 4 is 0 Å². The molecule has 0 radical (unpaired) electrons. The van der Waals surface area contributed by atoms with Gasteiger partial charge in [-0.1, -0.05) is 39.5 Å². The van der Waals surface area contributed by atoms with Crippen LogP contribution in [0.25, 0.3) is 0 Å². The molecule has 0 aromatic carbocycles. The smallest absolute Gasteiger partial charge is 0.0474 e. The van der Waals surface area contributed by atoms with Crippen molar-refractivity contribution in [3.05, 3.63) is 0 Å². The Morgan fingerprint density at radius 3 is 2.47 bits per heavy atom. The number of rotatable bonds is 4. The van der Waals surface area contributed by atoms with Crippen LogP contribution in [0.5, 0.6) is 0 Å². The third-order valence-electron chi connectivity index (χ3n) is 5.55. The molecule has 0 aliphatic heterocycles. The summed E-state index contributed by atoms with van der Waals surface area (Å²) in [6.07, 6.45) is 12.0. The van der Waals surface area contributed by atoms with Crippen molar-refractivity contribution in [3.63, 3.8) is 0 Å². The molecule has 2 nitrogen and oxygen atoms in total. The first-order chi connectivity index (χ1) is 9.20. The summed E-state index contributed by atoms with van der Waals surface area (Å²) in [5.41, 5.74) is 0. The van der Waals surface area contributed by atoms with E-state index in [0.29, 0.717) is 24.6 Å². The molecule has 0 spiro atoms. The van der Waals surface area contributed by atoms with Crippen LogP contribution in [0.2, 0.25) is 0 Å². The van der Waals surface area contributed by atoms with Gasteiger partial charge >= 0.3 is 0 Å². The summed E-state index contributed by atoms with van der Waals surface area (Å²) in [5.74, 6) is 2.29. The fraction of sp³-hybridized carbons (Fsp3) is 1.00. The lowest BCUT2D eigenvalue weighted by Crippen LogP contribution is -2.45. The second-order valence-electron chi connectivity index (χ2n) is 7.21. The van der Waals surface area contributed by atoms with E-state index >= 15 is 0 Å². The molecule has 2 aliphatic carbocycles. The van der Waals surface area contributed by atoms with Gasteiger partial charge in [0.15, 0.2) is 0 Å². The molecular formula is C17H33NO. The normalized spacial score (nSPS) is 37.3. The third-order valence-corrected chi connectivity index (χ3v) is 5.55. The predicted octanol–water partition coefficient (Wildman–Crippen LogP) is 3.73. The van der Waals surface area contributed by atoms with Gasteiger partial charge in [-0.15, -0.1) is 0 Å². The van der Waals surface area contributed by atoms with E-state index in [0.717, 1.165) is 11.8 Å². The van der Waals surface area contributed by atoms with E-state index in [1.807, 2.05) is 0 Å². The molecule has 2 N–H and O–H groups in total. The van der Waals surface area contributed by atoms with E-state index in [-0.39, 0.29) is 0 Å². The molecule has 4 unspecified atom stereocenters. The molecule has 0 bridgehead atoms. The fourth-order valence-corrected chi connectivity index (χ4v) is 4.11. The van der Waals surface area contributed by atoms with E-state index in [9.17, 15) is 5.11 Å². The molecule has 0 amide bonds. The highest BCUT2D eigenvalue weighted by Crippen LogP contribution is 2.30. The Labute approximate surface area is 119 Å². The van der Waals surface area contributed by atoms with Crippen molar-refractivity contribution in [2.75, 3.05) is 6.61 Å². The Balaban J connectivity index is 1.81. The summed E-state index contributed by atoms with van der Waals surface area (Å²) in [7, 11) is 0. The zero-order valence-electron chi connectivity index (χ0n) is 12.9. The fourth-order valence-electron chi connectivity index (χ4n) is 4.11. The zero-order valence-corrected chi connectivity index (χ0v) is 12.9. The Hall–Kier alpha value is -0.0800. The Kier molecular flexibility index (Phi) is 6.15. The number of hydrogen-bond donors (Lipinski definition) is 2. The van der Waals surface area contributed by atoms with Gasteiger partial charge < -0.3 is 10.4 Å². The van der Waals surface area contributed by atoms with Crippen molar-refractivity contribution in [3.8, 4) is 0 Å². The van der Waals surface area contributed by atoms with Gasteiger partial charge in [0.25, 0.3) is 0 Å². The van der Waals surface area contributed by atoms with Gasteiger partial charge in [0.05, 0.1) is 0 Å². The van der Waals surface area contributed by atoms with Crippen molar-refractivity contribution in [1.29, 1.82) is 0 Å². The molecular weight excluding hydrogens is 234 g/mol.